The van der Waals surface area contributed by atoms with Crippen molar-refractivity contribution in [3.63, 3.8) is 0 Å². The number of hydrogen-bond donors (Lipinski definition) is 2. The summed E-state index contributed by atoms with van der Waals surface area (Å²) in [6, 6.07) is 7.88. The lowest BCUT2D eigenvalue weighted by atomic mass is 10.1. The van der Waals surface area contributed by atoms with Gasteiger partial charge < -0.3 is 20.0 Å². The fraction of sp³-hybridized carbons (Fsp3) is 0.211. The van der Waals surface area contributed by atoms with Gasteiger partial charge in [0.05, 0.1) is 10.9 Å². The molecule has 2 aromatic carbocycles. The van der Waals surface area contributed by atoms with Crippen LogP contribution in [0.2, 0.25) is 0 Å². The van der Waals surface area contributed by atoms with Crippen molar-refractivity contribution in [3.05, 3.63) is 63.3 Å². The van der Waals surface area contributed by atoms with Crippen molar-refractivity contribution in [1.29, 1.82) is 0 Å². The fourth-order valence-electron chi connectivity index (χ4n) is 2.78. The Morgan fingerprint density at radius 1 is 1.21 bits per heavy atom. The van der Waals surface area contributed by atoms with Gasteiger partial charge in [0.25, 0.3) is 0 Å². The normalized spacial score (nSPS) is 11.8. The highest BCUT2D eigenvalue weighted by molar-refractivity contribution is 9.10. The average Bonchev–Trinajstić information content (AvgIpc) is 3.05. The predicted molar refractivity (Wildman–Crippen MR) is 98.9 cm³/mol. The molecule has 0 aliphatic rings. The molecule has 3 N–H and O–H groups in total. The second-order valence-corrected chi connectivity index (χ2v) is 6.96. The average molecular weight is 458 g/mol. The summed E-state index contributed by atoms with van der Waals surface area (Å²) >= 11 is 3.21. The van der Waals surface area contributed by atoms with Gasteiger partial charge in [-0.2, -0.15) is 13.2 Å². The monoisotopic (exact) mass is 457 g/mol. The highest BCUT2D eigenvalue weighted by atomic mass is 79.9. The summed E-state index contributed by atoms with van der Waals surface area (Å²) < 4.78 is 50.6. The van der Waals surface area contributed by atoms with Crippen LogP contribution in [0.1, 0.15) is 22.3 Å². The van der Waals surface area contributed by atoms with E-state index in [4.69, 9.17) is 20.0 Å². The standard InChI is InChI=1S/C19H15BrF3NO4/c20-15-4-11(3-13-14(19(21,22)23)9-28-18(13)15)8-27-16-5-10(7-24)1-2-12(16)6-17(25)26/h1-5,9H,6-8,24H2,(H,25,26). The number of carboxylic acids is 1. The molecule has 0 aliphatic heterocycles. The Bertz CT molecular complexity index is 1030. The molecule has 5 nitrogen and oxygen atoms in total. The number of carbonyl (C=O) groups is 1. The van der Waals surface area contributed by atoms with Crippen LogP contribution in [0.4, 0.5) is 13.2 Å². The molecule has 1 heterocycles. The molecule has 9 heteroatoms. The molecule has 28 heavy (non-hydrogen) atoms. The molecule has 3 aromatic rings. The van der Waals surface area contributed by atoms with Crippen LogP contribution in [0.3, 0.4) is 0 Å². The summed E-state index contributed by atoms with van der Waals surface area (Å²) in [6.45, 7) is 0.183. The highest BCUT2D eigenvalue weighted by Crippen LogP contribution is 2.39. The predicted octanol–water partition coefficient (Wildman–Crippen LogP) is 4.88. The van der Waals surface area contributed by atoms with Crippen LogP contribution in [0.25, 0.3) is 11.0 Å². The molecule has 148 valence electrons. The van der Waals surface area contributed by atoms with Gasteiger partial charge in [0.1, 0.15) is 29.8 Å². The van der Waals surface area contributed by atoms with E-state index in [1.807, 2.05) is 0 Å². The van der Waals surface area contributed by atoms with Crippen LogP contribution in [-0.2, 0) is 30.5 Å². The number of benzene rings is 2. The van der Waals surface area contributed by atoms with E-state index < -0.39 is 17.7 Å². The fourth-order valence-corrected chi connectivity index (χ4v) is 3.39. The Labute approximate surface area is 166 Å². The van der Waals surface area contributed by atoms with Crippen LogP contribution in [0.15, 0.2) is 45.5 Å². The molecular formula is C19H15BrF3NO4. The lowest BCUT2D eigenvalue weighted by molar-refractivity contribution is -0.137. The summed E-state index contributed by atoms with van der Waals surface area (Å²) in [6.07, 6.45) is -4.12. The maximum Gasteiger partial charge on any atom is 0.420 e. The minimum atomic E-state index is -4.55. The zero-order valence-electron chi connectivity index (χ0n) is 14.3. The number of halogens is 4. The van der Waals surface area contributed by atoms with E-state index in [2.05, 4.69) is 15.9 Å². The van der Waals surface area contributed by atoms with Crippen LogP contribution >= 0.6 is 15.9 Å². The quantitative estimate of drug-likeness (QED) is 0.550. The number of alkyl halides is 3. The van der Waals surface area contributed by atoms with Gasteiger partial charge in [0.2, 0.25) is 0 Å². The summed E-state index contributed by atoms with van der Waals surface area (Å²) in [5.41, 5.74) is 6.48. The van der Waals surface area contributed by atoms with E-state index >= 15 is 0 Å². The minimum absolute atomic E-state index is 0.0579. The van der Waals surface area contributed by atoms with Gasteiger partial charge >= 0.3 is 12.1 Å². The molecule has 0 atom stereocenters. The molecule has 0 fully saturated rings. The lowest BCUT2D eigenvalue weighted by Gasteiger charge is -2.13. The maximum atomic E-state index is 13.1. The van der Waals surface area contributed by atoms with Gasteiger partial charge in [-0.05, 0) is 45.3 Å². The Kier molecular flexibility index (Phi) is 5.66. The summed E-state index contributed by atoms with van der Waals surface area (Å²) in [7, 11) is 0. The number of aliphatic carboxylic acids is 1. The summed E-state index contributed by atoms with van der Waals surface area (Å²) in [5.74, 6) is -0.701. The molecule has 0 unspecified atom stereocenters. The van der Waals surface area contributed by atoms with Gasteiger partial charge in [-0.1, -0.05) is 12.1 Å². The first-order valence-electron chi connectivity index (χ1n) is 8.12. The van der Waals surface area contributed by atoms with Crippen LogP contribution in [0.5, 0.6) is 5.75 Å². The van der Waals surface area contributed by atoms with Crippen molar-refractivity contribution in [2.24, 2.45) is 5.73 Å². The van der Waals surface area contributed by atoms with Crippen LogP contribution < -0.4 is 10.5 Å². The largest absolute Gasteiger partial charge is 0.489 e. The van der Waals surface area contributed by atoms with E-state index in [0.29, 0.717) is 27.6 Å². The summed E-state index contributed by atoms with van der Waals surface area (Å²) in [5, 5.41) is 8.96. The van der Waals surface area contributed by atoms with Crippen molar-refractivity contribution in [2.75, 3.05) is 0 Å². The molecule has 0 bridgehead atoms. The van der Waals surface area contributed by atoms with Crippen LogP contribution in [-0.4, -0.2) is 11.1 Å². The Morgan fingerprint density at radius 3 is 2.61 bits per heavy atom. The Balaban J connectivity index is 1.92. The van der Waals surface area contributed by atoms with Gasteiger partial charge in [-0.25, -0.2) is 0 Å². The third-order valence-corrected chi connectivity index (χ3v) is 4.69. The van der Waals surface area contributed by atoms with Gasteiger partial charge in [-0.3, -0.25) is 4.79 Å². The molecule has 0 spiro atoms. The number of nitrogens with two attached hydrogens (primary N) is 1. The molecule has 0 saturated heterocycles. The first-order chi connectivity index (χ1) is 13.2. The maximum absolute atomic E-state index is 13.1. The van der Waals surface area contributed by atoms with E-state index in [1.54, 1.807) is 24.3 Å². The zero-order chi connectivity index (χ0) is 20.5. The van der Waals surface area contributed by atoms with E-state index in [1.165, 1.54) is 6.07 Å². The van der Waals surface area contributed by atoms with E-state index in [-0.39, 0.29) is 30.5 Å². The first kappa shape index (κ1) is 20.2. The highest BCUT2D eigenvalue weighted by Gasteiger charge is 2.35. The van der Waals surface area contributed by atoms with Gasteiger partial charge in [-0.15, -0.1) is 0 Å². The topological polar surface area (TPSA) is 85.7 Å². The number of rotatable bonds is 6. The SMILES string of the molecule is NCc1ccc(CC(=O)O)c(OCc2cc(Br)c3occ(C(F)(F)F)c3c2)c1. The van der Waals surface area contributed by atoms with Crippen molar-refractivity contribution < 1.29 is 32.2 Å². The third kappa shape index (κ3) is 4.31. The van der Waals surface area contributed by atoms with Crippen molar-refractivity contribution in [1.82, 2.24) is 0 Å². The van der Waals surface area contributed by atoms with Crippen molar-refractivity contribution >= 4 is 32.9 Å². The van der Waals surface area contributed by atoms with E-state index in [9.17, 15) is 18.0 Å². The summed E-state index contributed by atoms with van der Waals surface area (Å²) in [4.78, 5) is 11.0. The second-order valence-electron chi connectivity index (χ2n) is 6.11. The molecule has 0 amide bonds. The molecule has 0 aliphatic carbocycles. The smallest absolute Gasteiger partial charge is 0.420 e. The number of furan rings is 1. The number of carboxylic acid groups (broad SMARTS) is 1. The Hall–Kier alpha value is -2.52. The third-order valence-electron chi connectivity index (χ3n) is 4.10. The van der Waals surface area contributed by atoms with Gasteiger partial charge in [0.15, 0.2) is 0 Å². The molecule has 1 aromatic heterocycles. The minimum Gasteiger partial charge on any atom is -0.489 e. The second kappa shape index (κ2) is 7.84. The van der Waals surface area contributed by atoms with E-state index in [0.717, 1.165) is 5.56 Å². The lowest BCUT2D eigenvalue weighted by Crippen LogP contribution is -2.06. The van der Waals surface area contributed by atoms with Crippen LogP contribution in [0, 0.1) is 0 Å². The molecule has 0 saturated carbocycles. The molecular weight excluding hydrogens is 443 g/mol. The van der Waals surface area contributed by atoms with Gasteiger partial charge in [0, 0.05) is 17.5 Å². The zero-order valence-corrected chi connectivity index (χ0v) is 15.9. The van der Waals surface area contributed by atoms with Crippen molar-refractivity contribution in [2.45, 2.75) is 25.7 Å². The number of ether oxygens (including phenoxy) is 1. The number of fused-ring (bicyclic) bond motifs is 1. The number of hydrogen-bond acceptors (Lipinski definition) is 4. The molecule has 3 rings (SSSR count). The van der Waals surface area contributed by atoms with Crippen molar-refractivity contribution in [3.8, 4) is 5.75 Å². The molecule has 0 radical (unpaired) electrons. The first-order valence-corrected chi connectivity index (χ1v) is 8.91. The Morgan fingerprint density at radius 2 is 1.96 bits per heavy atom.